The first-order valence-corrected chi connectivity index (χ1v) is 4.38. The molecular weight excluding hydrogens is 203 g/mol. The fraction of sp³-hybridized carbons (Fsp3) is 0.300. The summed E-state index contributed by atoms with van der Waals surface area (Å²) in [6, 6.07) is 2.41. The molecule has 0 fully saturated rings. The van der Waals surface area contributed by atoms with Gasteiger partial charge in [0.2, 0.25) is 0 Å². The Labute approximate surface area is 85.2 Å². The van der Waals surface area contributed by atoms with Gasteiger partial charge in [-0.1, -0.05) is 0 Å². The Kier molecular flexibility index (Phi) is 2.55. The summed E-state index contributed by atoms with van der Waals surface area (Å²) in [5.74, 6) is -1.37. The van der Waals surface area contributed by atoms with Gasteiger partial charge in [-0.25, -0.2) is 4.39 Å². The van der Waals surface area contributed by atoms with E-state index in [0.29, 0.717) is 11.3 Å². The molecule has 1 aliphatic rings. The zero-order chi connectivity index (χ0) is 10.8. The number of carbonyl (C=O) groups excluding carboxylic acids is 1. The second-order valence-electron chi connectivity index (χ2n) is 3.21. The number of carboxylic acids is 1. The van der Waals surface area contributed by atoms with Crippen LogP contribution >= 0.6 is 0 Å². The minimum atomic E-state index is -1.27. The van der Waals surface area contributed by atoms with Gasteiger partial charge < -0.3 is 19.4 Å². The van der Waals surface area contributed by atoms with Crippen molar-refractivity contribution in [1.82, 2.24) is 0 Å². The van der Waals surface area contributed by atoms with Crippen LogP contribution in [0.4, 0.5) is 4.39 Å². The Morgan fingerprint density at radius 3 is 3.07 bits per heavy atom. The van der Waals surface area contributed by atoms with Crippen LogP contribution in [-0.2, 0) is 22.6 Å². The number of ether oxygens (including phenoxy) is 2. The fourth-order valence-electron chi connectivity index (χ4n) is 1.54. The Morgan fingerprint density at radius 1 is 1.53 bits per heavy atom. The molecule has 0 spiro atoms. The summed E-state index contributed by atoms with van der Waals surface area (Å²) in [5.41, 5.74) is 0.811. The number of rotatable bonds is 2. The average molecular weight is 211 g/mol. The molecule has 0 aromatic heterocycles. The lowest BCUT2D eigenvalue weighted by Crippen LogP contribution is -2.25. The average Bonchev–Trinajstić information content (AvgIpc) is 2.16. The van der Waals surface area contributed by atoms with Crippen LogP contribution in [0.15, 0.2) is 12.1 Å². The Hall–Kier alpha value is -1.62. The van der Waals surface area contributed by atoms with Gasteiger partial charge in [-0.15, -0.1) is 0 Å². The van der Waals surface area contributed by atoms with Crippen molar-refractivity contribution < 1.29 is 23.8 Å². The van der Waals surface area contributed by atoms with Crippen molar-refractivity contribution in [2.24, 2.45) is 0 Å². The number of fused-ring (bicyclic) bond motifs is 1. The third-order valence-electron chi connectivity index (χ3n) is 2.09. The standard InChI is InChI=1S/C10H9FO4/c11-8-1-6(3-9(12)13)10-7(2-8)4-14-5-15-10/h1-2H,3-5H2,(H,12,13)/p-1. The van der Waals surface area contributed by atoms with E-state index in [1.54, 1.807) is 0 Å². The van der Waals surface area contributed by atoms with E-state index < -0.39 is 11.8 Å². The number of carboxylic acid groups (broad SMARTS) is 1. The van der Waals surface area contributed by atoms with Crippen LogP contribution in [0, 0.1) is 5.82 Å². The SMILES string of the molecule is O=C([O-])Cc1cc(F)cc2c1OCOC2. The molecule has 4 nitrogen and oxygen atoms in total. The highest BCUT2D eigenvalue weighted by molar-refractivity contribution is 5.69. The molecule has 5 heteroatoms. The summed E-state index contributed by atoms with van der Waals surface area (Å²) < 4.78 is 23.2. The highest BCUT2D eigenvalue weighted by Gasteiger charge is 2.16. The molecule has 80 valence electrons. The maximum absolute atomic E-state index is 13.1. The van der Waals surface area contributed by atoms with Crippen molar-refractivity contribution in [1.29, 1.82) is 0 Å². The maximum Gasteiger partial charge on any atom is 0.189 e. The number of halogens is 1. The number of hydrogen-bond acceptors (Lipinski definition) is 4. The molecule has 1 heterocycles. The van der Waals surface area contributed by atoms with Gasteiger partial charge >= 0.3 is 0 Å². The van der Waals surface area contributed by atoms with E-state index in [0.717, 1.165) is 6.07 Å². The van der Waals surface area contributed by atoms with Gasteiger partial charge in [0.25, 0.3) is 0 Å². The molecule has 1 aromatic carbocycles. The van der Waals surface area contributed by atoms with Gasteiger partial charge in [0.05, 0.1) is 6.61 Å². The number of benzene rings is 1. The molecule has 1 aromatic rings. The smallest absolute Gasteiger partial charge is 0.189 e. The minimum absolute atomic E-state index is 0.0542. The van der Waals surface area contributed by atoms with Gasteiger partial charge in [0.15, 0.2) is 6.79 Å². The molecule has 0 radical (unpaired) electrons. The Morgan fingerprint density at radius 2 is 2.33 bits per heavy atom. The van der Waals surface area contributed by atoms with Gasteiger partial charge in [-0.2, -0.15) is 0 Å². The lowest BCUT2D eigenvalue weighted by Gasteiger charge is -2.20. The highest BCUT2D eigenvalue weighted by atomic mass is 19.1. The van der Waals surface area contributed by atoms with Gasteiger partial charge in [-0.05, 0) is 12.1 Å². The van der Waals surface area contributed by atoms with Crippen molar-refractivity contribution in [3.05, 3.63) is 29.1 Å². The second-order valence-corrected chi connectivity index (χ2v) is 3.21. The van der Waals surface area contributed by atoms with E-state index in [2.05, 4.69) is 0 Å². The highest BCUT2D eigenvalue weighted by Crippen LogP contribution is 2.29. The molecule has 0 atom stereocenters. The third-order valence-corrected chi connectivity index (χ3v) is 2.09. The molecule has 15 heavy (non-hydrogen) atoms. The van der Waals surface area contributed by atoms with Crippen molar-refractivity contribution in [3.63, 3.8) is 0 Å². The molecule has 0 saturated heterocycles. The molecule has 0 aliphatic carbocycles. The topological polar surface area (TPSA) is 58.6 Å². The lowest BCUT2D eigenvalue weighted by molar-refractivity contribution is -0.304. The number of aliphatic carboxylic acids is 1. The van der Waals surface area contributed by atoms with Crippen molar-refractivity contribution in [2.45, 2.75) is 13.0 Å². The van der Waals surface area contributed by atoms with Crippen LogP contribution in [0.2, 0.25) is 0 Å². The number of carbonyl (C=O) groups is 1. The molecule has 0 saturated carbocycles. The third kappa shape index (κ3) is 2.07. The predicted molar refractivity (Wildman–Crippen MR) is 45.4 cm³/mol. The van der Waals surface area contributed by atoms with Crippen molar-refractivity contribution in [2.75, 3.05) is 6.79 Å². The van der Waals surface area contributed by atoms with E-state index >= 15 is 0 Å². The maximum atomic E-state index is 13.1. The molecule has 1 aliphatic heterocycles. The van der Waals surface area contributed by atoms with Crippen LogP contribution in [0.25, 0.3) is 0 Å². The predicted octanol–water partition coefficient (Wildman–Crippen LogP) is -0.0154. The summed E-state index contributed by atoms with van der Waals surface area (Å²) in [6.07, 6.45) is -0.361. The molecular formula is C10H8FO4-. The zero-order valence-corrected chi connectivity index (χ0v) is 7.79. The summed E-state index contributed by atoms with van der Waals surface area (Å²) in [4.78, 5) is 10.4. The van der Waals surface area contributed by atoms with Crippen LogP contribution in [-0.4, -0.2) is 12.8 Å². The monoisotopic (exact) mass is 211 g/mol. The summed E-state index contributed by atoms with van der Waals surface area (Å²) in [7, 11) is 0. The second kappa shape index (κ2) is 3.86. The van der Waals surface area contributed by atoms with Crippen molar-refractivity contribution in [3.8, 4) is 5.75 Å². The first-order chi connectivity index (χ1) is 7.16. The molecule has 0 amide bonds. The van der Waals surface area contributed by atoms with Gasteiger partial charge in [-0.3, -0.25) is 0 Å². The first kappa shape index (κ1) is 9.92. The van der Waals surface area contributed by atoms with E-state index in [1.807, 2.05) is 0 Å². The summed E-state index contributed by atoms with van der Waals surface area (Å²) >= 11 is 0. The largest absolute Gasteiger partial charge is 0.550 e. The van der Waals surface area contributed by atoms with Crippen molar-refractivity contribution >= 4 is 5.97 Å². The minimum Gasteiger partial charge on any atom is -0.550 e. The van der Waals surface area contributed by atoms with Crippen LogP contribution in [0.3, 0.4) is 0 Å². The Bertz CT molecular complexity index is 403. The molecule has 0 N–H and O–H groups in total. The Balaban J connectivity index is 2.43. The lowest BCUT2D eigenvalue weighted by atomic mass is 10.1. The van der Waals surface area contributed by atoms with Crippen LogP contribution in [0.1, 0.15) is 11.1 Å². The van der Waals surface area contributed by atoms with Gasteiger partial charge in [0, 0.05) is 23.5 Å². The summed E-state index contributed by atoms with van der Waals surface area (Å²) in [6.45, 7) is 0.284. The molecule has 0 unspecified atom stereocenters. The van der Waals surface area contributed by atoms with E-state index in [1.165, 1.54) is 6.07 Å². The fourth-order valence-corrected chi connectivity index (χ4v) is 1.54. The van der Waals surface area contributed by atoms with E-state index in [9.17, 15) is 14.3 Å². The first-order valence-electron chi connectivity index (χ1n) is 4.38. The molecule has 0 bridgehead atoms. The van der Waals surface area contributed by atoms with Crippen LogP contribution < -0.4 is 9.84 Å². The normalized spacial score (nSPS) is 14.2. The van der Waals surface area contributed by atoms with Crippen LogP contribution in [0.5, 0.6) is 5.75 Å². The van der Waals surface area contributed by atoms with E-state index in [-0.39, 0.29) is 25.4 Å². The van der Waals surface area contributed by atoms with E-state index in [4.69, 9.17) is 9.47 Å². The summed E-state index contributed by atoms with van der Waals surface area (Å²) in [5, 5.41) is 10.4. The zero-order valence-electron chi connectivity index (χ0n) is 7.79. The molecule has 2 rings (SSSR count). The quantitative estimate of drug-likeness (QED) is 0.690. The van der Waals surface area contributed by atoms with Gasteiger partial charge in [0.1, 0.15) is 11.6 Å². The number of hydrogen-bond donors (Lipinski definition) is 0.